The molecule has 0 aliphatic heterocycles. The van der Waals surface area contributed by atoms with Gasteiger partial charge in [0.1, 0.15) is 17.0 Å². The quantitative estimate of drug-likeness (QED) is 0.339. The summed E-state index contributed by atoms with van der Waals surface area (Å²) in [4.78, 5) is 28.4. The van der Waals surface area contributed by atoms with Gasteiger partial charge in [0.25, 0.3) is 0 Å². The van der Waals surface area contributed by atoms with Crippen molar-refractivity contribution in [1.29, 1.82) is 0 Å². The predicted octanol–water partition coefficient (Wildman–Crippen LogP) is 5.76. The lowest BCUT2D eigenvalue weighted by Crippen LogP contribution is -2.00. The number of aromatic nitrogens is 4. The van der Waals surface area contributed by atoms with Crippen LogP contribution in [0.5, 0.6) is 11.5 Å². The molecule has 2 N–H and O–H groups in total. The van der Waals surface area contributed by atoms with Crippen molar-refractivity contribution < 1.29 is 9.53 Å². The molecule has 0 aliphatic rings. The van der Waals surface area contributed by atoms with Crippen LogP contribution >= 0.6 is 0 Å². The third-order valence-corrected chi connectivity index (χ3v) is 4.91. The number of benzene rings is 3. The summed E-state index contributed by atoms with van der Waals surface area (Å²) in [5, 5.41) is 3.33. The van der Waals surface area contributed by atoms with E-state index in [0.29, 0.717) is 28.4 Å². The van der Waals surface area contributed by atoms with E-state index in [1.54, 1.807) is 18.5 Å². The van der Waals surface area contributed by atoms with Gasteiger partial charge in [0.15, 0.2) is 23.1 Å². The summed E-state index contributed by atoms with van der Waals surface area (Å²) in [5.41, 5.74) is 3.42. The van der Waals surface area contributed by atoms with Gasteiger partial charge in [-0.1, -0.05) is 36.4 Å². The highest BCUT2D eigenvalue weighted by Gasteiger charge is 2.13. The van der Waals surface area contributed by atoms with E-state index in [9.17, 15) is 4.79 Å². The highest BCUT2D eigenvalue weighted by Crippen LogP contribution is 2.28. The Bertz CT molecular complexity index is 1400. The Balaban J connectivity index is 1.45. The summed E-state index contributed by atoms with van der Waals surface area (Å²) >= 11 is 0. The van der Waals surface area contributed by atoms with E-state index in [1.807, 2.05) is 66.7 Å². The molecule has 0 atom stereocenters. The lowest BCUT2D eigenvalue weighted by atomic mass is 10.1. The Hall–Kier alpha value is -4.52. The standard InChI is InChI=1S/C25H19N5O2/c1-16(31)17-6-5-7-18(14-17)23-29-24-22(26-15-27-24)25(30-23)28-19-10-12-21(13-11-19)32-20-8-3-2-4-9-20/h2-15H,1H3,(H2,26,27,28,29,30). The number of nitrogens with one attached hydrogen (secondary N) is 2. The van der Waals surface area contributed by atoms with Gasteiger partial charge >= 0.3 is 0 Å². The van der Waals surface area contributed by atoms with E-state index >= 15 is 0 Å². The summed E-state index contributed by atoms with van der Waals surface area (Å²) in [7, 11) is 0. The van der Waals surface area contributed by atoms with Gasteiger partial charge in [0.05, 0.1) is 6.33 Å². The minimum absolute atomic E-state index is 0.0103. The molecule has 5 aromatic rings. The number of rotatable bonds is 6. The van der Waals surface area contributed by atoms with Crippen molar-refractivity contribution in [3.63, 3.8) is 0 Å². The number of H-pyrrole nitrogens is 1. The molecular weight excluding hydrogens is 402 g/mol. The SMILES string of the molecule is CC(=O)c1cccc(-c2nc(Nc3ccc(Oc4ccccc4)cc3)c3[nH]cnc3n2)c1. The number of imidazole rings is 1. The number of carbonyl (C=O) groups is 1. The second kappa shape index (κ2) is 8.31. The molecular formula is C25H19N5O2. The first-order valence-corrected chi connectivity index (χ1v) is 10.1. The number of para-hydroxylation sites is 1. The van der Waals surface area contributed by atoms with Gasteiger partial charge in [0, 0.05) is 16.8 Å². The van der Waals surface area contributed by atoms with Crippen LogP contribution in [0, 0.1) is 0 Å². The maximum Gasteiger partial charge on any atom is 0.183 e. The Morgan fingerprint density at radius 1 is 0.906 bits per heavy atom. The van der Waals surface area contributed by atoms with Crippen LogP contribution in [0.4, 0.5) is 11.5 Å². The average Bonchev–Trinajstić information content (AvgIpc) is 3.30. The Morgan fingerprint density at radius 2 is 1.69 bits per heavy atom. The zero-order valence-electron chi connectivity index (χ0n) is 17.2. The van der Waals surface area contributed by atoms with Crippen molar-refractivity contribution in [1.82, 2.24) is 19.9 Å². The summed E-state index contributed by atoms with van der Waals surface area (Å²) in [6, 6.07) is 24.5. The molecule has 2 heterocycles. The molecule has 0 aliphatic carbocycles. The van der Waals surface area contributed by atoms with Crippen LogP contribution in [0.1, 0.15) is 17.3 Å². The normalized spacial score (nSPS) is 10.8. The van der Waals surface area contributed by atoms with Crippen molar-refractivity contribution in [3.05, 3.63) is 90.8 Å². The highest BCUT2D eigenvalue weighted by atomic mass is 16.5. The first kappa shape index (κ1) is 19.4. The summed E-state index contributed by atoms with van der Waals surface area (Å²) < 4.78 is 5.85. The maximum absolute atomic E-state index is 11.8. The minimum Gasteiger partial charge on any atom is -0.457 e. The molecule has 7 nitrogen and oxygen atoms in total. The van der Waals surface area contributed by atoms with E-state index in [-0.39, 0.29) is 5.78 Å². The van der Waals surface area contributed by atoms with E-state index in [1.165, 1.54) is 6.92 Å². The van der Waals surface area contributed by atoms with E-state index < -0.39 is 0 Å². The lowest BCUT2D eigenvalue weighted by molar-refractivity contribution is 0.101. The number of ether oxygens (including phenoxy) is 1. The molecule has 2 aromatic heterocycles. The monoisotopic (exact) mass is 421 g/mol. The lowest BCUT2D eigenvalue weighted by Gasteiger charge is -2.10. The number of Topliss-reactive ketones (excluding diaryl/α,β-unsaturated/α-hetero) is 1. The molecule has 0 fully saturated rings. The number of hydrogen-bond acceptors (Lipinski definition) is 6. The fraction of sp³-hybridized carbons (Fsp3) is 0.0400. The number of anilines is 2. The molecule has 0 bridgehead atoms. The average molecular weight is 421 g/mol. The third kappa shape index (κ3) is 4.04. The molecule has 0 saturated heterocycles. The van der Waals surface area contributed by atoms with Gasteiger partial charge in [-0.3, -0.25) is 4.79 Å². The number of aromatic amines is 1. The molecule has 5 rings (SSSR count). The van der Waals surface area contributed by atoms with E-state index in [0.717, 1.165) is 22.7 Å². The van der Waals surface area contributed by atoms with Crippen LogP contribution in [0.25, 0.3) is 22.6 Å². The van der Waals surface area contributed by atoms with Crippen LogP contribution in [0.2, 0.25) is 0 Å². The van der Waals surface area contributed by atoms with Crippen molar-refractivity contribution in [2.24, 2.45) is 0 Å². The number of fused-ring (bicyclic) bond motifs is 1. The minimum atomic E-state index is -0.0103. The largest absolute Gasteiger partial charge is 0.457 e. The molecule has 0 saturated carbocycles. The second-order valence-electron chi connectivity index (χ2n) is 7.20. The fourth-order valence-corrected chi connectivity index (χ4v) is 3.30. The zero-order chi connectivity index (χ0) is 21.9. The topological polar surface area (TPSA) is 92.8 Å². The number of nitrogens with zero attached hydrogens (tertiary/aromatic N) is 3. The van der Waals surface area contributed by atoms with Crippen molar-refractivity contribution in [3.8, 4) is 22.9 Å². The van der Waals surface area contributed by atoms with Crippen molar-refractivity contribution in [2.75, 3.05) is 5.32 Å². The van der Waals surface area contributed by atoms with Crippen LogP contribution in [-0.2, 0) is 0 Å². The Kier molecular flexibility index (Phi) is 5.05. The molecule has 0 radical (unpaired) electrons. The van der Waals surface area contributed by atoms with Gasteiger partial charge in [-0.2, -0.15) is 0 Å². The molecule has 0 spiro atoms. The third-order valence-electron chi connectivity index (χ3n) is 4.91. The van der Waals surface area contributed by atoms with Crippen LogP contribution in [-0.4, -0.2) is 25.7 Å². The smallest absolute Gasteiger partial charge is 0.183 e. The van der Waals surface area contributed by atoms with Crippen LogP contribution < -0.4 is 10.1 Å². The first-order valence-electron chi connectivity index (χ1n) is 10.1. The molecule has 32 heavy (non-hydrogen) atoms. The Labute approximate surface area is 184 Å². The molecule has 3 aromatic carbocycles. The molecule has 7 heteroatoms. The number of hydrogen-bond donors (Lipinski definition) is 2. The van der Waals surface area contributed by atoms with Gasteiger partial charge in [-0.05, 0) is 49.4 Å². The van der Waals surface area contributed by atoms with Crippen molar-refractivity contribution >= 4 is 28.5 Å². The zero-order valence-corrected chi connectivity index (χ0v) is 17.2. The summed E-state index contributed by atoms with van der Waals surface area (Å²) in [5.74, 6) is 2.58. The first-order chi connectivity index (χ1) is 15.7. The van der Waals surface area contributed by atoms with Crippen LogP contribution in [0.15, 0.2) is 85.2 Å². The molecule has 0 unspecified atom stereocenters. The van der Waals surface area contributed by atoms with E-state index in [4.69, 9.17) is 9.72 Å². The van der Waals surface area contributed by atoms with Gasteiger partial charge < -0.3 is 15.0 Å². The second-order valence-corrected chi connectivity index (χ2v) is 7.20. The van der Waals surface area contributed by atoms with E-state index in [2.05, 4.69) is 20.3 Å². The maximum atomic E-state index is 11.8. The molecule has 156 valence electrons. The fourth-order valence-electron chi connectivity index (χ4n) is 3.30. The van der Waals surface area contributed by atoms with Gasteiger partial charge in [-0.15, -0.1) is 0 Å². The van der Waals surface area contributed by atoms with Gasteiger partial charge in [0.2, 0.25) is 0 Å². The highest BCUT2D eigenvalue weighted by molar-refractivity contribution is 5.95. The molecule has 0 amide bonds. The summed E-state index contributed by atoms with van der Waals surface area (Å²) in [6.45, 7) is 1.54. The Morgan fingerprint density at radius 3 is 2.47 bits per heavy atom. The summed E-state index contributed by atoms with van der Waals surface area (Å²) in [6.07, 6.45) is 1.58. The van der Waals surface area contributed by atoms with Crippen LogP contribution in [0.3, 0.4) is 0 Å². The number of ketones is 1. The van der Waals surface area contributed by atoms with Crippen molar-refractivity contribution in [2.45, 2.75) is 6.92 Å². The number of carbonyl (C=O) groups excluding carboxylic acids is 1. The predicted molar refractivity (Wildman–Crippen MR) is 123 cm³/mol. The van der Waals surface area contributed by atoms with Gasteiger partial charge in [-0.25, -0.2) is 15.0 Å².